The highest BCUT2D eigenvalue weighted by Gasteiger charge is 2.10. The Bertz CT molecular complexity index is 781. The van der Waals surface area contributed by atoms with Gasteiger partial charge in [-0.15, -0.1) is 0 Å². The molecular formula is C16H14N4. The number of hydrogen-bond donors (Lipinski definition) is 0. The average Bonchev–Trinajstić information content (AvgIpc) is 2.83. The van der Waals surface area contributed by atoms with E-state index in [9.17, 15) is 0 Å². The van der Waals surface area contributed by atoms with Gasteiger partial charge in [-0.3, -0.25) is 4.98 Å². The maximum absolute atomic E-state index is 8.67. The molecule has 20 heavy (non-hydrogen) atoms. The van der Waals surface area contributed by atoms with Crippen LogP contribution in [0.2, 0.25) is 0 Å². The summed E-state index contributed by atoms with van der Waals surface area (Å²) >= 11 is 0. The molecular weight excluding hydrogens is 248 g/mol. The van der Waals surface area contributed by atoms with E-state index in [4.69, 9.17) is 5.26 Å². The van der Waals surface area contributed by atoms with Crippen LogP contribution in [0.1, 0.15) is 12.0 Å². The molecule has 0 radical (unpaired) electrons. The molecule has 0 spiro atoms. The zero-order valence-corrected chi connectivity index (χ0v) is 11.2. The predicted octanol–water partition coefficient (Wildman–Crippen LogP) is 3.09. The standard InChI is InChI=1S/C16H14N4/c1-20-15-11-12(5-4-9-17)7-8-13(15)19-16(20)14-6-2-3-10-18-14/h2-3,6-8,10-11H,4-5H2,1H3. The highest BCUT2D eigenvalue weighted by molar-refractivity contribution is 5.80. The third kappa shape index (κ3) is 2.14. The third-order valence-electron chi connectivity index (χ3n) is 3.36. The van der Waals surface area contributed by atoms with Gasteiger partial charge in [0.25, 0.3) is 0 Å². The van der Waals surface area contributed by atoms with E-state index in [1.54, 1.807) is 6.20 Å². The fourth-order valence-corrected chi connectivity index (χ4v) is 2.32. The number of aryl methyl sites for hydroxylation is 2. The number of pyridine rings is 1. The largest absolute Gasteiger partial charge is 0.326 e. The van der Waals surface area contributed by atoms with Gasteiger partial charge in [0.2, 0.25) is 0 Å². The quantitative estimate of drug-likeness (QED) is 0.728. The number of hydrogen-bond acceptors (Lipinski definition) is 3. The van der Waals surface area contributed by atoms with Crippen LogP contribution in [0, 0.1) is 11.3 Å². The number of nitriles is 1. The predicted molar refractivity (Wildman–Crippen MR) is 77.9 cm³/mol. The number of benzene rings is 1. The van der Waals surface area contributed by atoms with Gasteiger partial charge in [0.1, 0.15) is 5.69 Å². The molecule has 0 fully saturated rings. The summed E-state index contributed by atoms with van der Waals surface area (Å²) in [6.45, 7) is 0. The second kappa shape index (κ2) is 5.14. The van der Waals surface area contributed by atoms with Crippen molar-refractivity contribution in [2.45, 2.75) is 12.8 Å². The molecule has 0 atom stereocenters. The molecule has 0 aliphatic rings. The van der Waals surface area contributed by atoms with Crippen LogP contribution in [-0.4, -0.2) is 14.5 Å². The molecule has 0 unspecified atom stereocenters. The first kappa shape index (κ1) is 12.4. The minimum atomic E-state index is 0.538. The molecule has 0 saturated heterocycles. The molecule has 0 aliphatic carbocycles. The first-order valence-corrected chi connectivity index (χ1v) is 6.53. The average molecular weight is 262 g/mol. The van der Waals surface area contributed by atoms with Crippen molar-refractivity contribution in [3.63, 3.8) is 0 Å². The van der Waals surface area contributed by atoms with Crippen LogP contribution < -0.4 is 0 Å². The minimum Gasteiger partial charge on any atom is -0.326 e. The highest BCUT2D eigenvalue weighted by Crippen LogP contribution is 2.23. The van der Waals surface area contributed by atoms with Crippen molar-refractivity contribution in [3.8, 4) is 17.6 Å². The van der Waals surface area contributed by atoms with Crippen LogP contribution >= 0.6 is 0 Å². The molecule has 1 aromatic carbocycles. The zero-order chi connectivity index (χ0) is 13.9. The van der Waals surface area contributed by atoms with Gasteiger partial charge in [-0.05, 0) is 36.2 Å². The molecule has 2 heterocycles. The molecule has 2 aromatic heterocycles. The lowest BCUT2D eigenvalue weighted by atomic mass is 10.1. The lowest BCUT2D eigenvalue weighted by Crippen LogP contribution is -1.94. The summed E-state index contributed by atoms with van der Waals surface area (Å²) in [5.74, 6) is 0.859. The van der Waals surface area contributed by atoms with Crippen molar-refractivity contribution < 1.29 is 0 Å². The van der Waals surface area contributed by atoms with Crippen LogP contribution in [0.15, 0.2) is 42.6 Å². The van der Waals surface area contributed by atoms with Crippen LogP contribution in [0.25, 0.3) is 22.6 Å². The summed E-state index contributed by atoms with van der Waals surface area (Å²) in [7, 11) is 1.99. The first-order chi connectivity index (χ1) is 9.79. The Morgan fingerprint density at radius 2 is 2.15 bits per heavy atom. The Hall–Kier alpha value is -2.67. The van der Waals surface area contributed by atoms with Gasteiger partial charge in [-0.25, -0.2) is 4.98 Å². The molecule has 3 aromatic rings. The van der Waals surface area contributed by atoms with Gasteiger partial charge >= 0.3 is 0 Å². The maximum atomic E-state index is 8.67. The topological polar surface area (TPSA) is 54.5 Å². The third-order valence-corrected chi connectivity index (χ3v) is 3.36. The number of fused-ring (bicyclic) bond motifs is 1. The molecule has 0 bridgehead atoms. The second-order valence-corrected chi connectivity index (χ2v) is 4.69. The van der Waals surface area contributed by atoms with E-state index in [2.05, 4.69) is 22.1 Å². The van der Waals surface area contributed by atoms with E-state index in [1.807, 2.05) is 41.9 Å². The van der Waals surface area contributed by atoms with E-state index >= 15 is 0 Å². The molecule has 0 saturated carbocycles. The number of rotatable bonds is 3. The number of nitrogens with zero attached hydrogens (tertiary/aromatic N) is 4. The molecule has 4 nitrogen and oxygen atoms in total. The molecule has 4 heteroatoms. The summed E-state index contributed by atoms with van der Waals surface area (Å²) in [5, 5.41) is 8.67. The molecule has 0 N–H and O–H groups in total. The van der Waals surface area contributed by atoms with Crippen molar-refractivity contribution >= 4 is 11.0 Å². The smallest absolute Gasteiger partial charge is 0.159 e. The summed E-state index contributed by atoms with van der Waals surface area (Å²) in [6.07, 6.45) is 3.08. The monoisotopic (exact) mass is 262 g/mol. The zero-order valence-electron chi connectivity index (χ0n) is 11.2. The fraction of sp³-hybridized carbons (Fsp3) is 0.188. The van der Waals surface area contributed by atoms with Crippen molar-refractivity contribution in [2.24, 2.45) is 7.05 Å². The summed E-state index contributed by atoms with van der Waals surface area (Å²) < 4.78 is 2.05. The number of aromatic nitrogens is 3. The van der Waals surface area contributed by atoms with E-state index < -0.39 is 0 Å². The van der Waals surface area contributed by atoms with Crippen molar-refractivity contribution in [1.82, 2.24) is 14.5 Å². The molecule has 0 amide bonds. The van der Waals surface area contributed by atoms with Crippen LogP contribution in [0.4, 0.5) is 0 Å². The normalized spacial score (nSPS) is 10.6. The van der Waals surface area contributed by atoms with Gasteiger partial charge in [-0.1, -0.05) is 12.1 Å². The van der Waals surface area contributed by atoms with Gasteiger partial charge < -0.3 is 4.57 Å². The summed E-state index contributed by atoms with van der Waals surface area (Å²) in [5.41, 5.74) is 4.05. The fourth-order valence-electron chi connectivity index (χ4n) is 2.32. The Morgan fingerprint density at radius 1 is 1.25 bits per heavy atom. The molecule has 0 aliphatic heterocycles. The van der Waals surface area contributed by atoms with Crippen LogP contribution in [-0.2, 0) is 13.5 Å². The van der Waals surface area contributed by atoms with Crippen molar-refractivity contribution in [2.75, 3.05) is 0 Å². The first-order valence-electron chi connectivity index (χ1n) is 6.53. The van der Waals surface area contributed by atoms with E-state index in [0.717, 1.165) is 34.5 Å². The summed E-state index contributed by atoms with van der Waals surface area (Å²) in [4.78, 5) is 8.99. The SMILES string of the molecule is Cn1c(-c2ccccn2)nc2ccc(CCC#N)cc21. The van der Waals surface area contributed by atoms with Gasteiger partial charge in [0, 0.05) is 19.7 Å². The molecule has 3 rings (SSSR count). The maximum Gasteiger partial charge on any atom is 0.159 e. The lowest BCUT2D eigenvalue weighted by molar-refractivity contribution is 0.946. The van der Waals surface area contributed by atoms with Gasteiger partial charge in [-0.2, -0.15) is 5.26 Å². The van der Waals surface area contributed by atoms with E-state index in [-0.39, 0.29) is 0 Å². The Labute approximate surface area is 117 Å². The van der Waals surface area contributed by atoms with Crippen LogP contribution in [0.3, 0.4) is 0 Å². The molecule has 98 valence electrons. The summed E-state index contributed by atoms with van der Waals surface area (Å²) in [6, 6.07) is 14.1. The van der Waals surface area contributed by atoms with Crippen LogP contribution in [0.5, 0.6) is 0 Å². The number of imidazole rings is 1. The van der Waals surface area contributed by atoms with Crippen molar-refractivity contribution in [3.05, 3.63) is 48.2 Å². The minimum absolute atomic E-state index is 0.538. The Kier molecular flexibility index (Phi) is 3.18. The van der Waals surface area contributed by atoms with Crippen molar-refractivity contribution in [1.29, 1.82) is 5.26 Å². The second-order valence-electron chi connectivity index (χ2n) is 4.69. The lowest BCUT2D eigenvalue weighted by Gasteiger charge is -2.02. The van der Waals surface area contributed by atoms with Gasteiger partial charge in [0.15, 0.2) is 5.82 Å². The Balaban J connectivity index is 2.09. The van der Waals surface area contributed by atoms with E-state index in [0.29, 0.717) is 6.42 Å². The highest BCUT2D eigenvalue weighted by atomic mass is 15.1. The Morgan fingerprint density at radius 3 is 2.90 bits per heavy atom. The van der Waals surface area contributed by atoms with E-state index in [1.165, 1.54) is 0 Å². The van der Waals surface area contributed by atoms with Gasteiger partial charge in [0.05, 0.1) is 17.1 Å².